The van der Waals surface area contributed by atoms with E-state index in [1.165, 1.54) is 0 Å². The molecule has 6 heteroatoms. The molecule has 0 bridgehead atoms. The van der Waals surface area contributed by atoms with Crippen molar-refractivity contribution in [3.8, 4) is 0 Å². The van der Waals surface area contributed by atoms with Crippen LogP contribution in [0.15, 0.2) is 12.1 Å². The number of esters is 1. The molecule has 1 aromatic rings. The van der Waals surface area contributed by atoms with Gasteiger partial charge in [-0.1, -0.05) is 11.6 Å². The summed E-state index contributed by atoms with van der Waals surface area (Å²) in [6.45, 7) is 1.75. The number of rotatable bonds is 4. The quantitative estimate of drug-likeness (QED) is 0.836. The number of carbonyl (C=O) groups is 1. The Balaban J connectivity index is 2.67. The van der Waals surface area contributed by atoms with Crippen molar-refractivity contribution in [2.24, 2.45) is 5.73 Å². The molecule has 0 saturated heterocycles. The first kappa shape index (κ1) is 12.4. The highest BCUT2D eigenvalue weighted by molar-refractivity contribution is 7.16. The molecule has 0 saturated carbocycles. The average molecular weight is 252 g/mol. The van der Waals surface area contributed by atoms with Gasteiger partial charge in [-0.25, -0.2) is 9.18 Å². The van der Waals surface area contributed by atoms with Crippen LogP contribution in [0.25, 0.3) is 0 Å². The van der Waals surface area contributed by atoms with E-state index >= 15 is 0 Å². The van der Waals surface area contributed by atoms with Crippen LogP contribution in [0.3, 0.4) is 0 Å². The van der Waals surface area contributed by atoms with Gasteiger partial charge in [0.25, 0.3) is 0 Å². The third-order valence-electron chi connectivity index (χ3n) is 1.75. The second-order valence-electron chi connectivity index (χ2n) is 2.82. The van der Waals surface area contributed by atoms with Crippen LogP contribution in [0.5, 0.6) is 0 Å². The number of hydrogen-bond donors (Lipinski definition) is 1. The second kappa shape index (κ2) is 5.44. The van der Waals surface area contributed by atoms with Gasteiger partial charge >= 0.3 is 5.97 Å². The fourth-order valence-electron chi connectivity index (χ4n) is 1.02. The summed E-state index contributed by atoms with van der Waals surface area (Å²) in [4.78, 5) is 11.6. The minimum atomic E-state index is -1.85. The molecule has 0 fully saturated rings. The van der Waals surface area contributed by atoms with Crippen molar-refractivity contribution in [1.29, 1.82) is 0 Å². The third kappa shape index (κ3) is 3.15. The van der Waals surface area contributed by atoms with Gasteiger partial charge in [-0.15, -0.1) is 11.3 Å². The van der Waals surface area contributed by atoms with Crippen molar-refractivity contribution in [3.63, 3.8) is 0 Å². The molecule has 2 atom stereocenters. The van der Waals surface area contributed by atoms with E-state index in [4.69, 9.17) is 17.3 Å². The van der Waals surface area contributed by atoms with Gasteiger partial charge in [-0.3, -0.25) is 0 Å². The monoisotopic (exact) mass is 251 g/mol. The van der Waals surface area contributed by atoms with E-state index in [1.807, 2.05) is 0 Å². The molecule has 0 amide bonds. The SMILES string of the molecule is CCOC(=O)C(F)[C@H](N)c1ccc(Cl)s1. The van der Waals surface area contributed by atoms with Crippen LogP contribution < -0.4 is 5.73 Å². The van der Waals surface area contributed by atoms with Crippen LogP contribution in [-0.2, 0) is 9.53 Å². The largest absolute Gasteiger partial charge is 0.464 e. The van der Waals surface area contributed by atoms with Crippen LogP contribution in [0, 0.1) is 0 Å². The molecule has 84 valence electrons. The molecule has 3 nitrogen and oxygen atoms in total. The summed E-state index contributed by atoms with van der Waals surface area (Å²) in [5.41, 5.74) is 5.56. The topological polar surface area (TPSA) is 52.3 Å². The lowest BCUT2D eigenvalue weighted by molar-refractivity contribution is -0.149. The molecule has 0 aliphatic carbocycles. The van der Waals surface area contributed by atoms with E-state index in [-0.39, 0.29) is 6.61 Å². The summed E-state index contributed by atoms with van der Waals surface area (Å²) in [6, 6.07) is 2.20. The summed E-state index contributed by atoms with van der Waals surface area (Å²) in [6.07, 6.45) is -1.85. The van der Waals surface area contributed by atoms with Crippen molar-refractivity contribution in [1.82, 2.24) is 0 Å². The Bertz CT molecular complexity index is 345. The predicted molar refractivity (Wildman–Crippen MR) is 57.8 cm³/mol. The molecular formula is C9H11ClFNO2S. The van der Waals surface area contributed by atoms with Crippen molar-refractivity contribution < 1.29 is 13.9 Å². The molecular weight excluding hydrogens is 241 g/mol. The number of nitrogens with two attached hydrogens (primary N) is 1. The van der Waals surface area contributed by atoms with Crippen molar-refractivity contribution in [2.75, 3.05) is 6.61 Å². The van der Waals surface area contributed by atoms with Crippen LogP contribution in [0.2, 0.25) is 4.34 Å². The summed E-state index contributed by atoms with van der Waals surface area (Å²) in [5, 5.41) is 0. The van der Waals surface area contributed by atoms with E-state index in [0.717, 1.165) is 11.3 Å². The number of carbonyl (C=O) groups excluding carboxylic acids is 1. The van der Waals surface area contributed by atoms with E-state index in [1.54, 1.807) is 19.1 Å². The Morgan fingerprint density at radius 1 is 1.73 bits per heavy atom. The zero-order valence-electron chi connectivity index (χ0n) is 8.07. The highest BCUT2D eigenvalue weighted by Crippen LogP contribution is 2.28. The van der Waals surface area contributed by atoms with Crippen molar-refractivity contribution in [3.05, 3.63) is 21.3 Å². The average Bonchev–Trinajstić information content (AvgIpc) is 2.63. The first-order valence-electron chi connectivity index (χ1n) is 4.37. The Hall–Kier alpha value is -0.650. The van der Waals surface area contributed by atoms with Gasteiger partial charge in [0.1, 0.15) is 0 Å². The number of ether oxygens (including phenoxy) is 1. The number of thiophene rings is 1. The van der Waals surface area contributed by atoms with Crippen molar-refractivity contribution in [2.45, 2.75) is 19.1 Å². The smallest absolute Gasteiger partial charge is 0.342 e. The molecule has 0 aliphatic rings. The highest BCUT2D eigenvalue weighted by Gasteiger charge is 2.28. The molecule has 1 unspecified atom stereocenters. The Labute approximate surface area is 96.0 Å². The second-order valence-corrected chi connectivity index (χ2v) is 4.57. The molecule has 0 aromatic carbocycles. The fraction of sp³-hybridized carbons (Fsp3) is 0.444. The summed E-state index contributed by atoms with van der Waals surface area (Å²) >= 11 is 6.83. The minimum Gasteiger partial charge on any atom is -0.464 e. The van der Waals surface area contributed by atoms with Gasteiger partial charge in [0.2, 0.25) is 6.17 Å². The standard InChI is InChI=1S/C9H11ClFNO2S/c1-2-14-9(13)7(11)8(12)5-3-4-6(10)15-5/h3-4,7-8H,2,12H2,1H3/t7?,8-/m1/s1. The van der Waals surface area contributed by atoms with Crippen LogP contribution in [0.1, 0.15) is 17.8 Å². The first-order chi connectivity index (χ1) is 7.06. The Morgan fingerprint density at radius 2 is 2.40 bits per heavy atom. The first-order valence-corrected chi connectivity index (χ1v) is 5.57. The molecule has 2 N–H and O–H groups in total. The van der Waals surface area contributed by atoms with Gasteiger partial charge in [-0.05, 0) is 19.1 Å². The van der Waals surface area contributed by atoms with Crippen LogP contribution in [-0.4, -0.2) is 18.7 Å². The van der Waals surface area contributed by atoms with E-state index in [0.29, 0.717) is 9.21 Å². The third-order valence-corrected chi connectivity index (χ3v) is 3.08. The lowest BCUT2D eigenvalue weighted by Gasteiger charge is -2.13. The Morgan fingerprint density at radius 3 is 2.87 bits per heavy atom. The number of alkyl halides is 1. The van der Waals surface area contributed by atoms with E-state index < -0.39 is 18.2 Å². The van der Waals surface area contributed by atoms with Gasteiger partial charge in [0, 0.05) is 4.88 Å². The zero-order valence-corrected chi connectivity index (χ0v) is 9.65. The van der Waals surface area contributed by atoms with E-state index in [2.05, 4.69) is 4.74 Å². The maximum Gasteiger partial charge on any atom is 0.342 e. The molecule has 1 heterocycles. The molecule has 0 aliphatic heterocycles. The molecule has 15 heavy (non-hydrogen) atoms. The highest BCUT2D eigenvalue weighted by atomic mass is 35.5. The van der Waals surface area contributed by atoms with E-state index in [9.17, 15) is 9.18 Å². The van der Waals surface area contributed by atoms with Crippen LogP contribution >= 0.6 is 22.9 Å². The number of halogens is 2. The lowest BCUT2D eigenvalue weighted by atomic mass is 10.1. The molecule has 1 aromatic heterocycles. The minimum absolute atomic E-state index is 0.136. The van der Waals surface area contributed by atoms with Gasteiger partial charge in [0.05, 0.1) is 17.0 Å². The molecule has 1 rings (SSSR count). The van der Waals surface area contributed by atoms with Gasteiger partial charge in [0.15, 0.2) is 0 Å². The predicted octanol–water partition coefficient (Wildman–Crippen LogP) is 2.30. The summed E-state index contributed by atoms with van der Waals surface area (Å²) < 4.78 is 18.5. The normalized spacial score (nSPS) is 14.7. The summed E-state index contributed by atoms with van der Waals surface area (Å²) in [5.74, 6) is -0.936. The number of hydrogen-bond acceptors (Lipinski definition) is 4. The van der Waals surface area contributed by atoms with Gasteiger partial charge in [-0.2, -0.15) is 0 Å². The Kier molecular flexibility index (Phi) is 4.50. The summed E-state index contributed by atoms with van der Waals surface area (Å²) in [7, 11) is 0. The van der Waals surface area contributed by atoms with Gasteiger partial charge < -0.3 is 10.5 Å². The van der Waals surface area contributed by atoms with Crippen molar-refractivity contribution >= 4 is 28.9 Å². The lowest BCUT2D eigenvalue weighted by Crippen LogP contribution is -2.30. The zero-order chi connectivity index (χ0) is 11.4. The maximum absolute atomic E-state index is 13.4. The van der Waals surface area contributed by atoms with Crippen LogP contribution in [0.4, 0.5) is 4.39 Å². The fourth-order valence-corrected chi connectivity index (χ4v) is 2.10. The molecule has 0 spiro atoms. The maximum atomic E-state index is 13.4. The molecule has 0 radical (unpaired) electrons.